The first-order valence-corrected chi connectivity index (χ1v) is 14.3. The minimum atomic E-state index is -0.555. The Labute approximate surface area is 239 Å². The van der Waals surface area contributed by atoms with Gasteiger partial charge < -0.3 is 19.9 Å². The van der Waals surface area contributed by atoms with E-state index < -0.39 is 11.7 Å². The molecular weight excluding hydrogens is 498 g/mol. The van der Waals surface area contributed by atoms with Crippen LogP contribution in [0.2, 0.25) is 0 Å². The summed E-state index contributed by atoms with van der Waals surface area (Å²) in [7, 11) is 4.08. The van der Waals surface area contributed by atoms with Gasteiger partial charge in [-0.2, -0.15) is 0 Å². The van der Waals surface area contributed by atoms with Gasteiger partial charge in [0.15, 0.2) is 0 Å². The average Bonchev–Trinajstić information content (AvgIpc) is 2.94. The van der Waals surface area contributed by atoms with Crippen LogP contribution in [0.5, 0.6) is 0 Å². The number of nitrogens with one attached hydrogen (secondary N) is 1. The molecular formula is C34H43N3O3. The number of carbonyl (C=O) groups excluding carboxylic acids is 2. The third kappa shape index (κ3) is 8.10. The van der Waals surface area contributed by atoms with Crippen LogP contribution in [0.4, 0.5) is 16.2 Å². The van der Waals surface area contributed by atoms with Crippen molar-refractivity contribution in [1.82, 2.24) is 5.32 Å². The summed E-state index contributed by atoms with van der Waals surface area (Å²) in [4.78, 5) is 30.0. The number of hydrogen-bond donors (Lipinski definition) is 1. The van der Waals surface area contributed by atoms with Crippen molar-refractivity contribution in [1.29, 1.82) is 0 Å². The van der Waals surface area contributed by atoms with E-state index in [-0.39, 0.29) is 11.8 Å². The van der Waals surface area contributed by atoms with Crippen molar-refractivity contribution >= 4 is 23.4 Å². The molecule has 0 spiro atoms. The Morgan fingerprint density at radius 1 is 0.825 bits per heavy atom. The van der Waals surface area contributed by atoms with Gasteiger partial charge in [-0.25, -0.2) is 4.79 Å². The number of carbonyl (C=O) groups is 2. The number of rotatable bonds is 8. The van der Waals surface area contributed by atoms with Crippen molar-refractivity contribution in [2.45, 2.75) is 71.6 Å². The van der Waals surface area contributed by atoms with Crippen molar-refractivity contribution in [2.75, 3.05) is 23.9 Å². The molecule has 0 bridgehead atoms. The third-order valence-electron chi connectivity index (χ3n) is 7.29. The number of hydrogen-bond acceptors (Lipinski definition) is 4. The maximum Gasteiger partial charge on any atom is 0.407 e. The highest BCUT2D eigenvalue weighted by molar-refractivity contribution is 5.95. The summed E-state index contributed by atoms with van der Waals surface area (Å²) in [6, 6.07) is 24.9. The summed E-state index contributed by atoms with van der Waals surface area (Å²) in [6.07, 6.45) is 4.84. The molecule has 1 aliphatic rings. The van der Waals surface area contributed by atoms with Gasteiger partial charge in [0, 0.05) is 37.9 Å². The van der Waals surface area contributed by atoms with E-state index in [0.29, 0.717) is 13.1 Å². The molecule has 4 rings (SSSR count). The van der Waals surface area contributed by atoms with E-state index in [1.165, 1.54) is 12.1 Å². The molecule has 6 nitrogen and oxygen atoms in total. The monoisotopic (exact) mass is 541 g/mol. The van der Waals surface area contributed by atoms with Crippen molar-refractivity contribution < 1.29 is 14.3 Å². The lowest BCUT2D eigenvalue weighted by Gasteiger charge is -2.30. The van der Waals surface area contributed by atoms with Crippen LogP contribution in [0.1, 0.15) is 64.0 Å². The summed E-state index contributed by atoms with van der Waals surface area (Å²) >= 11 is 0. The maximum atomic E-state index is 13.8. The minimum absolute atomic E-state index is 0.0479. The van der Waals surface area contributed by atoms with Crippen LogP contribution < -0.4 is 15.1 Å². The first kappa shape index (κ1) is 29.2. The van der Waals surface area contributed by atoms with Gasteiger partial charge in [0.25, 0.3) is 0 Å². The molecule has 0 aromatic heterocycles. The maximum absolute atomic E-state index is 13.8. The molecule has 1 fully saturated rings. The highest BCUT2D eigenvalue weighted by Gasteiger charge is 2.27. The van der Waals surface area contributed by atoms with Crippen molar-refractivity contribution in [3.63, 3.8) is 0 Å². The molecule has 6 heteroatoms. The highest BCUT2D eigenvalue weighted by Crippen LogP contribution is 2.30. The Kier molecular flexibility index (Phi) is 9.51. The predicted octanol–water partition coefficient (Wildman–Crippen LogP) is 7.56. The van der Waals surface area contributed by atoms with E-state index in [1.807, 2.05) is 64.0 Å². The van der Waals surface area contributed by atoms with Gasteiger partial charge in [-0.1, -0.05) is 67.8 Å². The van der Waals surface area contributed by atoms with E-state index in [0.717, 1.165) is 53.6 Å². The van der Waals surface area contributed by atoms with Gasteiger partial charge in [-0.05, 0) is 80.1 Å². The van der Waals surface area contributed by atoms with Crippen molar-refractivity contribution in [2.24, 2.45) is 5.92 Å². The average molecular weight is 542 g/mol. The fourth-order valence-corrected chi connectivity index (χ4v) is 5.13. The Morgan fingerprint density at radius 3 is 2.05 bits per heavy atom. The standard InChI is InChI=1S/C34H43N3O3/c1-34(2,3)40-33(39)35-23-26-10-9-13-31(22-26)37(32(38)29-11-7-6-8-12-29)24-25-14-16-27(17-15-25)28-18-20-30(21-19-28)36(4)5/h9-10,13-22,29H,6-8,11-12,23-24H2,1-5H3,(H,35,39). The molecule has 1 aliphatic carbocycles. The summed E-state index contributed by atoms with van der Waals surface area (Å²) in [6.45, 7) is 6.35. The Bertz CT molecular complexity index is 1270. The fraction of sp³-hybridized carbons (Fsp3) is 0.412. The quantitative estimate of drug-likeness (QED) is 0.320. The Morgan fingerprint density at radius 2 is 1.45 bits per heavy atom. The molecule has 3 aromatic carbocycles. The van der Waals surface area contributed by atoms with Crippen molar-refractivity contribution in [3.05, 3.63) is 83.9 Å². The second-order valence-electron chi connectivity index (χ2n) is 11.9. The van der Waals surface area contributed by atoms with Crippen LogP contribution in [0.25, 0.3) is 11.1 Å². The summed E-state index contributed by atoms with van der Waals surface area (Å²) in [5, 5.41) is 2.83. The molecule has 3 aromatic rings. The summed E-state index contributed by atoms with van der Waals surface area (Å²) < 4.78 is 5.37. The molecule has 1 N–H and O–H groups in total. The minimum Gasteiger partial charge on any atom is -0.444 e. The second kappa shape index (κ2) is 13.0. The topological polar surface area (TPSA) is 61.9 Å². The first-order valence-electron chi connectivity index (χ1n) is 14.3. The van der Waals surface area contributed by atoms with Gasteiger partial charge >= 0.3 is 6.09 Å². The molecule has 0 atom stereocenters. The number of nitrogens with zero attached hydrogens (tertiary/aromatic N) is 2. The zero-order valence-electron chi connectivity index (χ0n) is 24.6. The molecule has 1 saturated carbocycles. The van der Waals surface area contributed by atoms with Gasteiger partial charge in [0.2, 0.25) is 5.91 Å². The molecule has 2 amide bonds. The first-order chi connectivity index (χ1) is 19.1. The van der Waals surface area contributed by atoms with Gasteiger partial charge in [0.05, 0.1) is 6.54 Å². The van der Waals surface area contributed by atoms with E-state index in [1.54, 1.807) is 0 Å². The Hall–Kier alpha value is -3.80. The lowest BCUT2D eigenvalue weighted by Crippen LogP contribution is -2.37. The van der Waals surface area contributed by atoms with E-state index in [4.69, 9.17) is 4.74 Å². The van der Waals surface area contributed by atoms with Crippen LogP contribution in [-0.2, 0) is 22.6 Å². The van der Waals surface area contributed by atoms with Gasteiger partial charge in [-0.15, -0.1) is 0 Å². The lowest BCUT2D eigenvalue weighted by molar-refractivity contribution is -0.123. The van der Waals surface area contributed by atoms with E-state index >= 15 is 0 Å². The molecule has 0 radical (unpaired) electrons. The zero-order valence-corrected chi connectivity index (χ0v) is 24.6. The normalized spacial score (nSPS) is 13.9. The van der Waals surface area contributed by atoms with Crippen LogP contribution in [-0.4, -0.2) is 31.7 Å². The van der Waals surface area contributed by atoms with E-state index in [2.05, 4.69) is 58.7 Å². The van der Waals surface area contributed by atoms with Crippen molar-refractivity contribution in [3.8, 4) is 11.1 Å². The SMILES string of the molecule is CN(C)c1ccc(-c2ccc(CN(C(=O)C3CCCCC3)c3cccc(CNC(=O)OC(C)(C)C)c3)cc2)cc1. The zero-order chi connectivity index (χ0) is 28.7. The number of amides is 2. The molecule has 0 heterocycles. The van der Waals surface area contributed by atoms with Crippen LogP contribution in [0.15, 0.2) is 72.8 Å². The number of benzene rings is 3. The summed E-state index contributed by atoms with van der Waals surface area (Å²) in [5.74, 6) is 0.229. The molecule has 0 unspecified atom stereocenters. The third-order valence-corrected chi connectivity index (χ3v) is 7.29. The number of anilines is 2. The smallest absolute Gasteiger partial charge is 0.407 e. The number of ether oxygens (including phenoxy) is 1. The highest BCUT2D eigenvalue weighted by atomic mass is 16.6. The molecule has 0 saturated heterocycles. The van der Waals surface area contributed by atoms with Crippen LogP contribution in [0, 0.1) is 5.92 Å². The Balaban J connectivity index is 1.53. The molecule has 0 aliphatic heterocycles. The van der Waals surface area contributed by atoms with E-state index in [9.17, 15) is 9.59 Å². The van der Waals surface area contributed by atoms with Gasteiger partial charge in [0.1, 0.15) is 5.60 Å². The van der Waals surface area contributed by atoms with Crippen LogP contribution >= 0.6 is 0 Å². The van der Waals surface area contributed by atoms with Gasteiger partial charge in [-0.3, -0.25) is 4.79 Å². The molecule has 40 heavy (non-hydrogen) atoms. The predicted molar refractivity (Wildman–Crippen MR) is 163 cm³/mol. The fourth-order valence-electron chi connectivity index (χ4n) is 5.13. The second-order valence-corrected chi connectivity index (χ2v) is 11.9. The largest absolute Gasteiger partial charge is 0.444 e. The number of alkyl carbamates (subject to hydrolysis) is 1. The summed E-state index contributed by atoms with van der Waals surface area (Å²) in [5.41, 5.74) is 5.77. The lowest BCUT2D eigenvalue weighted by atomic mass is 9.88. The molecule has 212 valence electrons. The van der Waals surface area contributed by atoms with Crippen LogP contribution in [0.3, 0.4) is 0 Å².